The Bertz CT molecular complexity index is 497. The van der Waals surface area contributed by atoms with Crippen LogP contribution < -0.4 is 16.0 Å². The van der Waals surface area contributed by atoms with Crippen molar-refractivity contribution in [3.63, 3.8) is 0 Å². The Balaban J connectivity index is 0.00000484. The summed E-state index contributed by atoms with van der Waals surface area (Å²) >= 11 is 1.87. The Kier molecular flexibility index (Phi) is 12.9. The lowest BCUT2D eigenvalue weighted by atomic mass is 10.1. The standard InChI is InChI=1S/C16H26N4OS.HI/c1-17-15(21)14-8-6-7-13(11-14)12-20-16(18-2)19-9-4-5-10-22-3;/h6-8,11H,4-5,9-10,12H2,1-3H3,(H,17,21)(H2,18,19,20);1H. The first kappa shape index (κ1) is 22.0. The maximum Gasteiger partial charge on any atom is 0.251 e. The van der Waals surface area contributed by atoms with Gasteiger partial charge in [-0.15, -0.1) is 24.0 Å². The third kappa shape index (κ3) is 9.04. The number of thioether (sulfide) groups is 1. The van der Waals surface area contributed by atoms with Crippen molar-refractivity contribution in [2.75, 3.05) is 32.6 Å². The molecule has 0 aliphatic carbocycles. The van der Waals surface area contributed by atoms with Gasteiger partial charge < -0.3 is 16.0 Å². The van der Waals surface area contributed by atoms with Gasteiger partial charge in [0.05, 0.1) is 0 Å². The first-order valence-electron chi connectivity index (χ1n) is 7.45. The molecule has 0 spiro atoms. The molecular formula is C16H27IN4OS. The van der Waals surface area contributed by atoms with Crippen LogP contribution in [0.15, 0.2) is 29.3 Å². The smallest absolute Gasteiger partial charge is 0.251 e. The molecule has 0 unspecified atom stereocenters. The van der Waals surface area contributed by atoms with Crippen LogP contribution in [0.3, 0.4) is 0 Å². The van der Waals surface area contributed by atoms with Crippen molar-refractivity contribution in [1.29, 1.82) is 0 Å². The van der Waals surface area contributed by atoms with Gasteiger partial charge in [0.1, 0.15) is 0 Å². The summed E-state index contributed by atoms with van der Waals surface area (Å²) in [6.07, 6.45) is 4.47. The number of guanidine groups is 1. The van der Waals surface area contributed by atoms with Gasteiger partial charge in [-0.1, -0.05) is 12.1 Å². The third-order valence-electron chi connectivity index (χ3n) is 3.17. The molecule has 5 nitrogen and oxygen atoms in total. The van der Waals surface area contributed by atoms with E-state index in [4.69, 9.17) is 0 Å². The van der Waals surface area contributed by atoms with E-state index in [-0.39, 0.29) is 29.9 Å². The van der Waals surface area contributed by atoms with Crippen LogP contribution in [0.4, 0.5) is 0 Å². The van der Waals surface area contributed by atoms with Gasteiger partial charge >= 0.3 is 0 Å². The van der Waals surface area contributed by atoms with Gasteiger partial charge in [-0.3, -0.25) is 9.79 Å². The van der Waals surface area contributed by atoms with Crippen molar-refractivity contribution < 1.29 is 4.79 Å². The number of benzene rings is 1. The topological polar surface area (TPSA) is 65.5 Å². The lowest BCUT2D eigenvalue weighted by Crippen LogP contribution is -2.37. The van der Waals surface area contributed by atoms with Gasteiger partial charge in [-0.25, -0.2) is 0 Å². The summed E-state index contributed by atoms with van der Waals surface area (Å²) < 4.78 is 0. The highest BCUT2D eigenvalue weighted by atomic mass is 127. The lowest BCUT2D eigenvalue weighted by Gasteiger charge is -2.12. The number of amides is 1. The minimum atomic E-state index is -0.0712. The van der Waals surface area contributed by atoms with E-state index >= 15 is 0 Å². The van der Waals surface area contributed by atoms with Crippen molar-refractivity contribution in [3.05, 3.63) is 35.4 Å². The van der Waals surface area contributed by atoms with Gasteiger partial charge in [-0.05, 0) is 42.5 Å². The summed E-state index contributed by atoms with van der Waals surface area (Å²) in [7, 11) is 3.40. The Morgan fingerprint density at radius 3 is 2.70 bits per heavy atom. The Morgan fingerprint density at radius 2 is 2.04 bits per heavy atom. The normalized spacial score (nSPS) is 10.7. The summed E-state index contributed by atoms with van der Waals surface area (Å²) in [4.78, 5) is 15.8. The predicted octanol–water partition coefficient (Wildman–Crippen LogP) is 2.47. The van der Waals surface area contributed by atoms with Crippen LogP contribution in [-0.4, -0.2) is 44.5 Å². The second kappa shape index (κ2) is 13.5. The fourth-order valence-corrected chi connectivity index (χ4v) is 2.44. The average Bonchev–Trinajstić information content (AvgIpc) is 2.57. The van der Waals surface area contributed by atoms with Gasteiger partial charge in [0.25, 0.3) is 5.91 Å². The van der Waals surface area contributed by atoms with Crippen LogP contribution in [0.25, 0.3) is 0 Å². The molecule has 0 heterocycles. The summed E-state index contributed by atoms with van der Waals surface area (Å²) in [5.74, 6) is 1.91. The van der Waals surface area contributed by atoms with Crippen LogP contribution >= 0.6 is 35.7 Å². The van der Waals surface area contributed by atoms with Crippen LogP contribution in [0.5, 0.6) is 0 Å². The quantitative estimate of drug-likeness (QED) is 0.247. The third-order valence-corrected chi connectivity index (χ3v) is 3.86. The number of hydrogen-bond acceptors (Lipinski definition) is 3. The highest BCUT2D eigenvalue weighted by molar-refractivity contribution is 14.0. The zero-order chi connectivity index (χ0) is 16.2. The van der Waals surface area contributed by atoms with Crippen molar-refractivity contribution in [2.45, 2.75) is 19.4 Å². The van der Waals surface area contributed by atoms with E-state index in [1.807, 2.05) is 30.0 Å². The van der Waals surface area contributed by atoms with Crippen LogP contribution in [-0.2, 0) is 6.54 Å². The predicted molar refractivity (Wildman–Crippen MR) is 111 cm³/mol. The molecule has 0 aromatic heterocycles. The van der Waals surface area contributed by atoms with Crippen molar-refractivity contribution in [1.82, 2.24) is 16.0 Å². The maximum atomic E-state index is 11.6. The molecule has 0 aliphatic heterocycles. The Labute approximate surface area is 160 Å². The number of hydrogen-bond donors (Lipinski definition) is 3. The largest absolute Gasteiger partial charge is 0.356 e. The molecule has 130 valence electrons. The van der Waals surface area contributed by atoms with Crippen molar-refractivity contribution >= 4 is 47.6 Å². The molecule has 1 aromatic carbocycles. The van der Waals surface area contributed by atoms with E-state index in [2.05, 4.69) is 27.2 Å². The van der Waals surface area contributed by atoms with Gasteiger partial charge in [0.15, 0.2) is 5.96 Å². The number of rotatable bonds is 8. The van der Waals surface area contributed by atoms with Crippen LogP contribution in [0, 0.1) is 0 Å². The van der Waals surface area contributed by atoms with Gasteiger partial charge in [0, 0.05) is 32.7 Å². The fourth-order valence-electron chi connectivity index (χ4n) is 1.95. The highest BCUT2D eigenvalue weighted by Crippen LogP contribution is 2.05. The molecule has 1 rings (SSSR count). The first-order valence-corrected chi connectivity index (χ1v) is 8.85. The van der Waals surface area contributed by atoms with E-state index < -0.39 is 0 Å². The number of aliphatic imine (C=N–C) groups is 1. The molecule has 0 bridgehead atoms. The fraction of sp³-hybridized carbons (Fsp3) is 0.500. The number of carbonyl (C=O) groups is 1. The average molecular weight is 450 g/mol. The molecular weight excluding hydrogens is 423 g/mol. The molecule has 0 fully saturated rings. The summed E-state index contributed by atoms with van der Waals surface area (Å²) in [6.45, 7) is 1.55. The molecule has 1 amide bonds. The number of unbranched alkanes of at least 4 members (excludes halogenated alkanes) is 1. The minimum Gasteiger partial charge on any atom is -0.356 e. The zero-order valence-corrected chi connectivity index (χ0v) is 17.2. The van der Waals surface area contributed by atoms with E-state index in [1.165, 1.54) is 12.2 Å². The molecule has 0 saturated heterocycles. The monoisotopic (exact) mass is 450 g/mol. The maximum absolute atomic E-state index is 11.6. The van der Waals surface area contributed by atoms with Gasteiger partial charge in [0.2, 0.25) is 0 Å². The molecule has 1 aromatic rings. The first-order chi connectivity index (χ1) is 10.7. The highest BCUT2D eigenvalue weighted by Gasteiger charge is 2.04. The molecule has 23 heavy (non-hydrogen) atoms. The number of nitrogens with zero attached hydrogens (tertiary/aromatic N) is 1. The minimum absolute atomic E-state index is 0. The second-order valence-electron chi connectivity index (χ2n) is 4.83. The van der Waals surface area contributed by atoms with E-state index in [9.17, 15) is 4.79 Å². The molecule has 3 N–H and O–H groups in total. The van der Waals surface area contributed by atoms with Crippen LogP contribution in [0.2, 0.25) is 0 Å². The van der Waals surface area contributed by atoms with Gasteiger partial charge in [-0.2, -0.15) is 11.8 Å². The van der Waals surface area contributed by atoms with Crippen LogP contribution in [0.1, 0.15) is 28.8 Å². The Hall–Kier alpha value is -0.960. The second-order valence-corrected chi connectivity index (χ2v) is 5.82. The number of nitrogens with one attached hydrogen (secondary N) is 3. The summed E-state index contributed by atoms with van der Waals surface area (Å²) in [6, 6.07) is 7.57. The number of halogens is 1. The SMILES string of the molecule is CN=C(NCCCCSC)NCc1cccc(C(=O)NC)c1.I. The summed E-state index contributed by atoms with van der Waals surface area (Å²) in [5.41, 5.74) is 1.72. The Morgan fingerprint density at radius 1 is 1.26 bits per heavy atom. The van der Waals surface area contributed by atoms with Crippen molar-refractivity contribution in [2.24, 2.45) is 4.99 Å². The van der Waals surface area contributed by atoms with E-state index in [0.29, 0.717) is 12.1 Å². The summed E-state index contributed by atoms with van der Waals surface area (Å²) in [5, 5.41) is 9.19. The molecule has 7 heteroatoms. The molecule has 0 radical (unpaired) electrons. The number of carbonyl (C=O) groups excluding carboxylic acids is 1. The lowest BCUT2D eigenvalue weighted by molar-refractivity contribution is 0.0963. The van der Waals surface area contributed by atoms with Crippen molar-refractivity contribution in [3.8, 4) is 0 Å². The van der Waals surface area contributed by atoms with E-state index in [1.54, 1.807) is 20.2 Å². The van der Waals surface area contributed by atoms with E-state index in [0.717, 1.165) is 24.5 Å². The molecule has 0 saturated carbocycles. The molecule has 0 aliphatic rings. The zero-order valence-electron chi connectivity index (χ0n) is 14.0. The molecule has 0 atom stereocenters.